The average Bonchev–Trinajstić information content (AvgIpc) is 2.57. The summed E-state index contributed by atoms with van der Waals surface area (Å²) in [5.74, 6) is -0.645. The zero-order chi connectivity index (χ0) is 12.0. The third-order valence-electron chi connectivity index (χ3n) is 3.26. The Morgan fingerprint density at radius 2 is 2.29 bits per heavy atom. The fourth-order valence-corrected chi connectivity index (χ4v) is 2.06. The summed E-state index contributed by atoms with van der Waals surface area (Å²) in [6, 6.07) is 1.60. The van der Waals surface area contributed by atoms with E-state index < -0.39 is 5.97 Å². The summed E-state index contributed by atoms with van der Waals surface area (Å²) in [5.41, 5.74) is 7.52. The van der Waals surface area contributed by atoms with Gasteiger partial charge in [0, 0.05) is 11.6 Å². The van der Waals surface area contributed by atoms with Crippen LogP contribution in [0, 0.1) is 0 Å². The number of aromatic carboxylic acids is 1. The molecular weight excluding hydrogens is 220 g/mol. The Kier molecular flexibility index (Phi) is 2.04. The first-order valence-electron chi connectivity index (χ1n) is 5.54. The minimum Gasteiger partial charge on any atom is -0.477 e. The van der Waals surface area contributed by atoms with Crippen molar-refractivity contribution >= 4 is 17.3 Å². The standard InChI is InChI=1S/C11H12N4O2/c12-7-5-13-15-9(11(16)17)4-8(14-10(7)15)6-2-1-3-6/h4-6H,1-3,12H2,(H,16,17). The largest absolute Gasteiger partial charge is 0.477 e. The highest BCUT2D eigenvalue weighted by molar-refractivity contribution is 5.87. The second-order valence-electron chi connectivity index (χ2n) is 4.33. The molecule has 0 atom stereocenters. The van der Waals surface area contributed by atoms with Crippen LogP contribution in [0.4, 0.5) is 5.69 Å². The first-order valence-corrected chi connectivity index (χ1v) is 5.54. The number of anilines is 1. The van der Waals surface area contributed by atoms with Crippen molar-refractivity contribution in [2.24, 2.45) is 0 Å². The molecule has 1 aliphatic rings. The van der Waals surface area contributed by atoms with Crippen LogP contribution in [-0.4, -0.2) is 25.7 Å². The van der Waals surface area contributed by atoms with Gasteiger partial charge in [-0.25, -0.2) is 14.3 Å². The van der Waals surface area contributed by atoms with E-state index in [-0.39, 0.29) is 5.69 Å². The number of hydrogen-bond donors (Lipinski definition) is 2. The quantitative estimate of drug-likeness (QED) is 0.813. The number of hydrogen-bond acceptors (Lipinski definition) is 4. The Morgan fingerprint density at radius 1 is 1.53 bits per heavy atom. The summed E-state index contributed by atoms with van der Waals surface area (Å²) in [6.07, 6.45) is 4.74. The molecule has 3 rings (SSSR count). The van der Waals surface area contributed by atoms with E-state index in [4.69, 9.17) is 10.8 Å². The van der Waals surface area contributed by atoms with E-state index in [0.717, 1.165) is 18.5 Å². The van der Waals surface area contributed by atoms with Crippen molar-refractivity contribution < 1.29 is 9.90 Å². The van der Waals surface area contributed by atoms with E-state index in [0.29, 0.717) is 17.3 Å². The normalized spacial score (nSPS) is 16.0. The topological polar surface area (TPSA) is 93.5 Å². The Balaban J connectivity index is 2.24. The van der Waals surface area contributed by atoms with Crippen LogP contribution >= 0.6 is 0 Å². The van der Waals surface area contributed by atoms with E-state index in [1.165, 1.54) is 17.1 Å². The molecule has 2 aromatic heterocycles. The molecule has 17 heavy (non-hydrogen) atoms. The van der Waals surface area contributed by atoms with Gasteiger partial charge < -0.3 is 10.8 Å². The van der Waals surface area contributed by atoms with E-state index in [2.05, 4.69) is 10.1 Å². The van der Waals surface area contributed by atoms with Gasteiger partial charge in [-0.2, -0.15) is 5.10 Å². The third-order valence-corrected chi connectivity index (χ3v) is 3.26. The number of fused-ring (bicyclic) bond motifs is 1. The predicted molar refractivity (Wildman–Crippen MR) is 61.0 cm³/mol. The van der Waals surface area contributed by atoms with Crippen molar-refractivity contribution in [2.75, 3.05) is 5.73 Å². The minimum absolute atomic E-state index is 0.119. The molecule has 2 heterocycles. The number of carboxylic acid groups (broad SMARTS) is 1. The summed E-state index contributed by atoms with van der Waals surface area (Å²) < 4.78 is 1.28. The fourth-order valence-electron chi connectivity index (χ4n) is 2.06. The second-order valence-corrected chi connectivity index (χ2v) is 4.33. The first-order chi connectivity index (χ1) is 8.16. The molecule has 1 aliphatic carbocycles. The monoisotopic (exact) mass is 232 g/mol. The van der Waals surface area contributed by atoms with Crippen LogP contribution in [-0.2, 0) is 0 Å². The van der Waals surface area contributed by atoms with Gasteiger partial charge in [-0.3, -0.25) is 0 Å². The highest BCUT2D eigenvalue weighted by Gasteiger charge is 2.24. The number of carbonyl (C=O) groups is 1. The van der Waals surface area contributed by atoms with Gasteiger partial charge in [-0.1, -0.05) is 6.42 Å². The minimum atomic E-state index is -1.01. The molecule has 3 N–H and O–H groups in total. The number of nitrogens with zero attached hydrogens (tertiary/aromatic N) is 3. The number of carboxylic acids is 1. The van der Waals surface area contributed by atoms with Crippen LogP contribution < -0.4 is 5.73 Å². The number of aromatic nitrogens is 3. The van der Waals surface area contributed by atoms with Gasteiger partial charge in [0.2, 0.25) is 0 Å². The van der Waals surface area contributed by atoms with Crippen molar-refractivity contribution in [1.29, 1.82) is 0 Å². The smallest absolute Gasteiger partial charge is 0.354 e. The highest BCUT2D eigenvalue weighted by atomic mass is 16.4. The van der Waals surface area contributed by atoms with Gasteiger partial charge >= 0.3 is 5.97 Å². The molecule has 6 heteroatoms. The lowest BCUT2D eigenvalue weighted by Gasteiger charge is -2.24. The summed E-state index contributed by atoms with van der Waals surface area (Å²) in [7, 11) is 0. The molecule has 0 amide bonds. The fraction of sp³-hybridized carbons (Fsp3) is 0.364. The maximum Gasteiger partial charge on any atom is 0.354 e. The van der Waals surface area contributed by atoms with Gasteiger partial charge in [-0.15, -0.1) is 0 Å². The van der Waals surface area contributed by atoms with Gasteiger partial charge in [0.25, 0.3) is 0 Å². The second kappa shape index (κ2) is 3.44. The summed E-state index contributed by atoms with van der Waals surface area (Å²) in [4.78, 5) is 15.6. The van der Waals surface area contributed by atoms with Crippen LogP contribution in [0.5, 0.6) is 0 Å². The van der Waals surface area contributed by atoms with Gasteiger partial charge in [0.15, 0.2) is 11.3 Å². The summed E-state index contributed by atoms with van der Waals surface area (Å²) in [6.45, 7) is 0. The molecule has 0 unspecified atom stereocenters. The van der Waals surface area contributed by atoms with Crippen molar-refractivity contribution in [3.05, 3.63) is 23.7 Å². The average molecular weight is 232 g/mol. The van der Waals surface area contributed by atoms with E-state index in [1.54, 1.807) is 6.07 Å². The molecule has 1 fully saturated rings. The molecule has 0 spiro atoms. The van der Waals surface area contributed by atoms with Crippen LogP contribution in [0.3, 0.4) is 0 Å². The number of nitrogen functional groups attached to an aromatic ring is 1. The van der Waals surface area contributed by atoms with Crippen molar-refractivity contribution in [3.8, 4) is 0 Å². The van der Waals surface area contributed by atoms with Crippen LogP contribution in [0.2, 0.25) is 0 Å². The van der Waals surface area contributed by atoms with Crippen LogP contribution in [0.15, 0.2) is 12.3 Å². The zero-order valence-electron chi connectivity index (χ0n) is 9.13. The Labute approximate surface area is 97.1 Å². The summed E-state index contributed by atoms with van der Waals surface area (Å²) >= 11 is 0. The molecule has 6 nitrogen and oxygen atoms in total. The SMILES string of the molecule is Nc1cnn2c(C(=O)O)cc(C3CCC3)nc12. The third kappa shape index (κ3) is 1.44. The molecule has 0 saturated heterocycles. The van der Waals surface area contributed by atoms with Gasteiger partial charge in [0.05, 0.1) is 11.9 Å². The maximum atomic E-state index is 11.2. The molecule has 88 valence electrons. The van der Waals surface area contributed by atoms with Gasteiger partial charge in [0.1, 0.15) is 0 Å². The molecule has 2 aromatic rings. The van der Waals surface area contributed by atoms with Crippen molar-refractivity contribution in [3.63, 3.8) is 0 Å². The van der Waals surface area contributed by atoms with Crippen LogP contribution in [0.25, 0.3) is 5.65 Å². The first kappa shape index (κ1) is 10.1. The molecule has 0 bridgehead atoms. The van der Waals surface area contributed by atoms with E-state index in [1.807, 2.05) is 0 Å². The maximum absolute atomic E-state index is 11.2. The molecule has 0 aliphatic heterocycles. The number of rotatable bonds is 2. The van der Waals surface area contributed by atoms with E-state index in [9.17, 15) is 4.79 Å². The lowest BCUT2D eigenvalue weighted by Crippen LogP contribution is -2.15. The molecule has 0 radical (unpaired) electrons. The zero-order valence-corrected chi connectivity index (χ0v) is 9.13. The summed E-state index contributed by atoms with van der Waals surface area (Å²) in [5, 5.41) is 13.1. The van der Waals surface area contributed by atoms with Crippen molar-refractivity contribution in [1.82, 2.24) is 14.6 Å². The highest BCUT2D eigenvalue weighted by Crippen LogP contribution is 2.36. The molecule has 0 aromatic carbocycles. The Hall–Kier alpha value is -2.11. The molecular formula is C11H12N4O2. The van der Waals surface area contributed by atoms with Gasteiger partial charge in [-0.05, 0) is 18.9 Å². The van der Waals surface area contributed by atoms with Crippen molar-refractivity contribution in [2.45, 2.75) is 25.2 Å². The predicted octanol–water partition coefficient (Wildman–Crippen LogP) is 1.28. The Bertz CT molecular complexity index is 601. The lowest BCUT2D eigenvalue weighted by atomic mass is 9.82. The van der Waals surface area contributed by atoms with Crippen LogP contribution in [0.1, 0.15) is 41.4 Å². The molecule has 1 saturated carbocycles. The lowest BCUT2D eigenvalue weighted by molar-refractivity contribution is 0.0687. The van der Waals surface area contributed by atoms with E-state index >= 15 is 0 Å². The Morgan fingerprint density at radius 3 is 2.88 bits per heavy atom. The number of nitrogens with two attached hydrogens (primary N) is 1.